The number of benzene rings is 3. The predicted octanol–water partition coefficient (Wildman–Crippen LogP) is 6.48. The molecule has 0 aliphatic carbocycles. The van der Waals surface area contributed by atoms with Crippen LogP contribution in [0.4, 0.5) is 4.39 Å². The summed E-state index contributed by atoms with van der Waals surface area (Å²) in [7, 11) is 0. The molecule has 1 aliphatic heterocycles. The number of halogens is 1. The fourth-order valence-corrected chi connectivity index (χ4v) is 5.82. The fraction of sp³-hybridized carbons (Fsp3) is 0.242. The number of hydrogen-bond acceptors (Lipinski definition) is 4. The lowest BCUT2D eigenvalue weighted by Crippen LogP contribution is -2.38. The Balaban J connectivity index is 1.20. The van der Waals surface area contributed by atoms with Crippen LogP contribution in [-0.2, 0) is 4.79 Å². The largest absolute Gasteiger partial charge is 0.493 e. The van der Waals surface area contributed by atoms with E-state index in [1.54, 1.807) is 18.2 Å². The molecule has 1 fully saturated rings. The molecular formula is C33H31FN4O2. The number of hydrogen-bond donors (Lipinski definition) is 1. The number of amides is 1. The first-order chi connectivity index (χ1) is 19.5. The van der Waals surface area contributed by atoms with Crippen LogP contribution in [-0.4, -0.2) is 43.6 Å². The molecule has 5 aromatic rings. The van der Waals surface area contributed by atoms with Crippen molar-refractivity contribution in [1.29, 1.82) is 0 Å². The first kappa shape index (κ1) is 25.7. The molecule has 0 atom stereocenters. The summed E-state index contributed by atoms with van der Waals surface area (Å²) in [5.41, 5.74) is 5.88. The van der Waals surface area contributed by atoms with Crippen molar-refractivity contribution in [1.82, 2.24) is 19.5 Å². The Bertz CT molecular complexity index is 1590. The van der Waals surface area contributed by atoms with Crippen LogP contribution >= 0.6 is 0 Å². The van der Waals surface area contributed by atoms with Crippen LogP contribution in [0, 0.1) is 12.7 Å². The van der Waals surface area contributed by atoms with Gasteiger partial charge in [0.1, 0.15) is 5.82 Å². The number of nitrogens with zero attached hydrogens (tertiary/aromatic N) is 4. The summed E-state index contributed by atoms with van der Waals surface area (Å²) in [5, 5.41) is 15.3. The zero-order valence-electron chi connectivity index (χ0n) is 22.4. The van der Waals surface area contributed by atoms with Crippen molar-refractivity contribution in [3.8, 4) is 17.0 Å². The molecule has 6 rings (SSSR count). The van der Waals surface area contributed by atoms with Gasteiger partial charge in [0.05, 0.1) is 11.4 Å². The highest BCUT2D eigenvalue weighted by Crippen LogP contribution is 2.35. The van der Waals surface area contributed by atoms with Gasteiger partial charge in [-0.2, -0.15) is 9.61 Å². The van der Waals surface area contributed by atoms with E-state index in [9.17, 15) is 14.3 Å². The molecule has 0 radical (unpaired) electrons. The average Bonchev–Trinajstić information content (AvgIpc) is 3.33. The predicted molar refractivity (Wildman–Crippen MR) is 153 cm³/mol. The van der Waals surface area contributed by atoms with E-state index >= 15 is 0 Å². The summed E-state index contributed by atoms with van der Waals surface area (Å²) in [6.07, 6.45) is 1.93. The van der Waals surface area contributed by atoms with Crippen LogP contribution < -0.4 is 0 Å². The van der Waals surface area contributed by atoms with Gasteiger partial charge in [0.15, 0.2) is 5.65 Å². The van der Waals surface area contributed by atoms with Crippen molar-refractivity contribution in [2.75, 3.05) is 13.1 Å². The van der Waals surface area contributed by atoms with Gasteiger partial charge in [-0.1, -0.05) is 72.8 Å². The lowest BCUT2D eigenvalue weighted by molar-refractivity contribution is -0.132. The Labute approximate surface area is 232 Å². The highest BCUT2D eigenvalue weighted by molar-refractivity contribution is 5.80. The molecular weight excluding hydrogens is 503 g/mol. The summed E-state index contributed by atoms with van der Waals surface area (Å²) in [6.45, 7) is 3.13. The van der Waals surface area contributed by atoms with Gasteiger partial charge in [0, 0.05) is 43.0 Å². The molecule has 0 saturated carbocycles. The topological polar surface area (TPSA) is 70.7 Å². The van der Waals surface area contributed by atoms with Crippen molar-refractivity contribution in [2.24, 2.45) is 0 Å². The van der Waals surface area contributed by atoms with E-state index in [4.69, 9.17) is 4.98 Å². The van der Waals surface area contributed by atoms with Crippen LogP contribution in [0.25, 0.3) is 16.8 Å². The van der Waals surface area contributed by atoms with E-state index in [2.05, 4.69) is 29.4 Å². The first-order valence-electron chi connectivity index (χ1n) is 13.7. The summed E-state index contributed by atoms with van der Waals surface area (Å²) >= 11 is 0. The monoisotopic (exact) mass is 534 g/mol. The Hall–Kier alpha value is -4.52. The standard InChI is InChI=1S/C33H31FN4O2/c1-22-32(26-12-14-27(34)15-13-26)33-35-29(21-31(40)38(33)36-22)25-16-18-37(19-17-25)30(39)20-28(23-8-4-2-5-9-23)24-10-6-3-7-11-24/h2-15,21,25,28,40H,16-20H2,1H3. The van der Waals surface area contributed by atoms with Gasteiger partial charge >= 0.3 is 0 Å². The van der Waals surface area contributed by atoms with Gasteiger partial charge < -0.3 is 10.0 Å². The summed E-state index contributed by atoms with van der Waals surface area (Å²) in [5.74, 6) is -0.0376. The van der Waals surface area contributed by atoms with Crippen molar-refractivity contribution in [2.45, 2.75) is 38.0 Å². The van der Waals surface area contributed by atoms with Gasteiger partial charge in [0.25, 0.3) is 0 Å². The van der Waals surface area contributed by atoms with Gasteiger partial charge in [-0.25, -0.2) is 9.37 Å². The Morgan fingerprint density at radius 3 is 2.15 bits per heavy atom. The van der Waals surface area contributed by atoms with E-state index in [1.165, 1.54) is 16.6 Å². The maximum atomic E-state index is 13.5. The summed E-state index contributed by atoms with van der Waals surface area (Å²) in [4.78, 5) is 20.4. The summed E-state index contributed by atoms with van der Waals surface area (Å²) in [6, 6.07) is 28.3. The SMILES string of the molecule is Cc1nn2c(O)cc(C3CCN(C(=O)CC(c4ccccc4)c4ccccc4)CC3)nc2c1-c1ccc(F)cc1. The maximum absolute atomic E-state index is 13.5. The molecule has 40 heavy (non-hydrogen) atoms. The molecule has 1 amide bonds. The van der Waals surface area contributed by atoms with Crippen LogP contribution in [0.15, 0.2) is 91.0 Å². The highest BCUT2D eigenvalue weighted by Gasteiger charge is 2.28. The third kappa shape index (κ3) is 5.07. The third-order valence-corrected chi connectivity index (χ3v) is 7.95. The highest BCUT2D eigenvalue weighted by atomic mass is 19.1. The van der Waals surface area contributed by atoms with Crippen molar-refractivity contribution < 1.29 is 14.3 Å². The number of aryl methyl sites for hydroxylation is 1. The quantitative estimate of drug-likeness (QED) is 0.271. The second-order valence-electron chi connectivity index (χ2n) is 10.5. The zero-order chi connectivity index (χ0) is 27.6. The van der Waals surface area contributed by atoms with E-state index in [1.807, 2.05) is 48.2 Å². The maximum Gasteiger partial charge on any atom is 0.223 e. The van der Waals surface area contributed by atoms with Gasteiger partial charge in [-0.05, 0) is 48.6 Å². The minimum atomic E-state index is -0.311. The van der Waals surface area contributed by atoms with Crippen LogP contribution in [0.5, 0.6) is 5.88 Å². The van der Waals surface area contributed by atoms with Crippen LogP contribution in [0.3, 0.4) is 0 Å². The van der Waals surface area contributed by atoms with Crippen LogP contribution in [0.1, 0.15) is 53.6 Å². The third-order valence-electron chi connectivity index (χ3n) is 7.95. The fourth-order valence-electron chi connectivity index (χ4n) is 5.82. The van der Waals surface area contributed by atoms with E-state index < -0.39 is 0 Å². The van der Waals surface area contributed by atoms with Gasteiger partial charge in [0.2, 0.25) is 11.8 Å². The number of aromatic nitrogens is 3. The zero-order valence-corrected chi connectivity index (χ0v) is 22.4. The molecule has 0 unspecified atom stereocenters. The number of likely N-dealkylation sites (tertiary alicyclic amines) is 1. The van der Waals surface area contributed by atoms with Gasteiger partial charge in [-0.15, -0.1) is 0 Å². The molecule has 202 valence electrons. The molecule has 2 aromatic heterocycles. The van der Waals surface area contributed by atoms with E-state index in [0.29, 0.717) is 30.9 Å². The van der Waals surface area contributed by atoms with E-state index in [-0.39, 0.29) is 29.4 Å². The molecule has 0 bridgehead atoms. The van der Waals surface area contributed by atoms with Crippen LogP contribution in [0.2, 0.25) is 0 Å². The molecule has 3 aromatic carbocycles. The molecule has 3 heterocycles. The number of carbonyl (C=O) groups excluding carboxylic acids is 1. The van der Waals surface area contributed by atoms with Crippen molar-refractivity contribution >= 4 is 11.6 Å². The Morgan fingerprint density at radius 1 is 0.950 bits per heavy atom. The number of piperidine rings is 1. The number of carbonyl (C=O) groups is 1. The Morgan fingerprint density at radius 2 is 1.55 bits per heavy atom. The lowest BCUT2D eigenvalue weighted by Gasteiger charge is -2.33. The molecule has 6 nitrogen and oxygen atoms in total. The Kier molecular flexibility index (Phi) is 7.03. The lowest BCUT2D eigenvalue weighted by atomic mass is 9.87. The first-order valence-corrected chi connectivity index (χ1v) is 13.7. The molecule has 7 heteroatoms. The second kappa shape index (κ2) is 10.9. The van der Waals surface area contributed by atoms with E-state index in [0.717, 1.165) is 40.8 Å². The molecule has 1 N–H and O–H groups in total. The minimum Gasteiger partial charge on any atom is -0.493 e. The van der Waals surface area contributed by atoms with Crippen molar-refractivity contribution in [3.05, 3.63) is 119 Å². The number of fused-ring (bicyclic) bond motifs is 1. The average molecular weight is 535 g/mol. The molecule has 1 saturated heterocycles. The normalized spacial score (nSPS) is 14.2. The van der Waals surface area contributed by atoms with Gasteiger partial charge in [-0.3, -0.25) is 4.79 Å². The molecule has 1 aliphatic rings. The number of rotatable bonds is 6. The summed E-state index contributed by atoms with van der Waals surface area (Å²) < 4.78 is 15.0. The smallest absolute Gasteiger partial charge is 0.223 e. The second-order valence-corrected chi connectivity index (χ2v) is 10.5. The molecule has 0 spiro atoms. The van der Waals surface area contributed by atoms with Crippen molar-refractivity contribution in [3.63, 3.8) is 0 Å². The number of aromatic hydroxyl groups is 1. The minimum absolute atomic E-state index is 0.00336.